The van der Waals surface area contributed by atoms with Gasteiger partial charge in [-0.05, 0) is 35.0 Å². The average molecular weight is 416 g/mol. The van der Waals surface area contributed by atoms with Crippen LogP contribution in [0.25, 0.3) is 0 Å². The van der Waals surface area contributed by atoms with Crippen LogP contribution in [0.2, 0.25) is 0 Å². The first-order valence-electron chi connectivity index (χ1n) is 9.15. The summed E-state index contributed by atoms with van der Waals surface area (Å²) in [7, 11) is 3.20. The van der Waals surface area contributed by atoms with Gasteiger partial charge in [-0.3, -0.25) is 4.79 Å². The molecule has 1 unspecified atom stereocenters. The Morgan fingerprint density at radius 3 is 2.82 bits per heavy atom. The number of thiophene rings is 2. The number of rotatable bonds is 6. The van der Waals surface area contributed by atoms with E-state index in [9.17, 15) is 4.79 Å². The monoisotopic (exact) mass is 415 g/mol. The third-order valence-electron chi connectivity index (χ3n) is 5.07. The first-order valence-corrected chi connectivity index (χ1v) is 10.9. The molecular formula is C21H23N2O3S2+. The molecule has 3 heterocycles. The highest BCUT2D eigenvalue weighted by Gasteiger charge is 2.35. The molecule has 5 nitrogen and oxygen atoms in total. The van der Waals surface area contributed by atoms with E-state index in [4.69, 9.17) is 9.47 Å². The highest BCUT2D eigenvalue weighted by atomic mass is 32.1. The summed E-state index contributed by atoms with van der Waals surface area (Å²) < 4.78 is 10.6. The van der Waals surface area contributed by atoms with E-state index in [-0.39, 0.29) is 11.9 Å². The molecule has 0 fully saturated rings. The minimum atomic E-state index is -0.0151. The van der Waals surface area contributed by atoms with Gasteiger partial charge in [-0.2, -0.15) is 0 Å². The van der Waals surface area contributed by atoms with Gasteiger partial charge in [-0.15, -0.1) is 22.7 Å². The fraction of sp³-hybridized carbons (Fsp3) is 0.286. The minimum absolute atomic E-state index is 0.0151. The number of carbonyl (C=O) groups excluding carboxylic acids is 1. The van der Waals surface area contributed by atoms with Crippen LogP contribution in [-0.2, 0) is 11.2 Å². The van der Waals surface area contributed by atoms with Gasteiger partial charge in [0.1, 0.15) is 17.5 Å². The van der Waals surface area contributed by atoms with E-state index >= 15 is 0 Å². The molecule has 2 aromatic heterocycles. The molecule has 1 aliphatic rings. The molecule has 28 heavy (non-hydrogen) atoms. The average Bonchev–Trinajstić information content (AvgIpc) is 3.40. The summed E-state index contributed by atoms with van der Waals surface area (Å²) in [6.07, 6.45) is 1.02. The van der Waals surface area contributed by atoms with Crippen LogP contribution in [-0.4, -0.2) is 33.2 Å². The summed E-state index contributed by atoms with van der Waals surface area (Å²) in [5.74, 6) is 1.27. The molecular weight excluding hydrogens is 392 g/mol. The summed E-state index contributed by atoms with van der Waals surface area (Å²) in [6.45, 7) is 1.36. The van der Waals surface area contributed by atoms with Gasteiger partial charge in [0.15, 0.2) is 6.54 Å². The Balaban J connectivity index is 1.53. The number of benzene rings is 1. The van der Waals surface area contributed by atoms with Gasteiger partial charge >= 0.3 is 0 Å². The smallest absolute Gasteiger partial charge is 0.279 e. The molecule has 7 heteroatoms. The number of amides is 1. The highest BCUT2D eigenvalue weighted by molar-refractivity contribution is 7.10. The van der Waals surface area contributed by atoms with Gasteiger partial charge in [-0.1, -0.05) is 6.07 Å². The van der Waals surface area contributed by atoms with E-state index in [0.29, 0.717) is 23.7 Å². The summed E-state index contributed by atoms with van der Waals surface area (Å²) in [4.78, 5) is 16.9. The zero-order chi connectivity index (χ0) is 19.5. The van der Waals surface area contributed by atoms with Crippen molar-refractivity contribution in [3.05, 3.63) is 62.5 Å². The maximum atomic E-state index is 12.9. The van der Waals surface area contributed by atoms with Gasteiger partial charge in [0.2, 0.25) is 0 Å². The van der Waals surface area contributed by atoms with E-state index in [1.54, 1.807) is 31.6 Å². The molecule has 0 saturated carbocycles. The number of quaternary nitrogens is 1. The Bertz CT molecular complexity index is 952. The molecule has 4 rings (SSSR count). The lowest BCUT2D eigenvalue weighted by molar-refractivity contribution is -0.919. The number of anilines is 1. The van der Waals surface area contributed by atoms with Gasteiger partial charge in [0.05, 0.1) is 31.3 Å². The molecule has 0 aliphatic carbocycles. The van der Waals surface area contributed by atoms with Gasteiger partial charge in [0, 0.05) is 22.9 Å². The zero-order valence-corrected chi connectivity index (χ0v) is 17.5. The third-order valence-corrected chi connectivity index (χ3v) is 7.00. The predicted octanol–water partition coefficient (Wildman–Crippen LogP) is 3.00. The van der Waals surface area contributed by atoms with Crippen molar-refractivity contribution in [1.29, 1.82) is 0 Å². The Labute approximate surface area is 172 Å². The number of fused-ring (bicyclic) bond motifs is 1. The Morgan fingerprint density at radius 2 is 2.07 bits per heavy atom. The summed E-state index contributed by atoms with van der Waals surface area (Å²) in [5, 5.41) is 7.28. The van der Waals surface area contributed by atoms with Crippen molar-refractivity contribution >= 4 is 34.3 Å². The van der Waals surface area contributed by atoms with Crippen LogP contribution in [0, 0.1) is 0 Å². The first-order chi connectivity index (χ1) is 13.7. The lowest BCUT2D eigenvalue weighted by Crippen LogP contribution is -3.14. The van der Waals surface area contributed by atoms with E-state index in [2.05, 4.69) is 34.3 Å². The summed E-state index contributed by atoms with van der Waals surface area (Å²) in [5.41, 5.74) is 2.03. The van der Waals surface area contributed by atoms with Gasteiger partial charge < -0.3 is 19.7 Å². The third kappa shape index (κ3) is 3.78. The van der Waals surface area contributed by atoms with Crippen molar-refractivity contribution < 1.29 is 19.2 Å². The fourth-order valence-corrected chi connectivity index (χ4v) is 5.57. The topological polar surface area (TPSA) is 52.0 Å². The molecule has 1 amide bonds. The van der Waals surface area contributed by atoms with E-state index in [1.165, 1.54) is 20.2 Å². The van der Waals surface area contributed by atoms with Crippen LogP contribution in [0.15, 0.2) is 47.2 Å². The van der Waals surface area contributed by atoms with Crippen molar-refractivity contribution in [2.45, 2.75) is 12.5 Å². The standard InChI is InChI=1S/C21H22N2O3S2/c1-25-14-5-6-16(17(12-14)26-2)22-20(24)13-23-9-7-18-15(8-11-28-18)21(23)19-4-3-10-27-19/h3-6,8,10-12,21H,7,9,13H2,1-2H3,(H,22,24)/p+1/t21-/m0/s1. The van der Waals surface area contributed by atoms with Crippen molar-refractivity contribution in [2.24, 2.45) is 0 Å². The van der Waals surface area contributed by atoms with Crippen molar-refractivity contribution in [3.63, 3.8) is 0 Å². The largest absolute Gasteiger partial charge is 0.497 e. The molecule has 0 radical (unpaired) electrons. The summed E-state index contributed by atoms with van der Waals surface area (Å²) >= 11 is 3.58. The predicted molar refractivity (Wildman–Crippen MR) is 113 cm³/mol. The van der Waals surface area contributed by atoms with E-state index in [0.717, 1.165) is 13.0 Å². The molecule has 2 N–H and O–H groups in total. The van der Waals surface area contributed by atoms with Crippen LogP contribution in [0.4, 0.5) is 5.69 Å². The molecule has 3 aromatic rings. The lowest BCUT2D eigenvalue weighted by Gasteiger charge is -2.31. The maximum Gasteiger partial charge on any atom is 0.279 e. The normalized spacial score (nSPS) is 18.4. The SMILES string of the molecule is COc1ccc(NC(=O)C[NH+]2CCc3sccc3[C@H]2c2cccs2)c(OC)c1. The van der Waals surface area contributed by atoms with Crippen LogP contribution < -0.4 is 19.7 Å². The number of nitrogens with one attached hydrogen (secondary N) is 2. The first kappa shape index (κ1) is 19.0. The van der Waals surface area contributed by atoms with Crippen molar-refractivity contribution in [2.75, 3.05) is 32.6 Å². The lowest BCUT2D eigenvalue weighted by atomic mass is 9.98. The number of hydrogen-bond donors (Lipinski definition) is 2. The number of carbonyl (C=O) groups is 1. The van der Waals surface area contributed by atoms with E-state index < -0.39 is 0 Å². The molecule has 0 saturated heterocycles. The zero-order valence-electron chi connectivity index (χ0n) is 15.9. The Kier molecular flexibility index (Phi) is 5.66. The Hall–Kier alpha value is -2.35. The second-order valence-corrected chi connectivity index (χ2v) is 8.68. The number of methoxy groups -OCH3 is 2. The molecule has 0 spiro atoms. The number of hydrogen-bond acceptors (Lipinski definition) is 5. The second-order valence-electron chi connectivity index (χ2n) is 6.70. The van der Waals surface area contributed by atoms with Crippen molar-refractivity contribution in [3.8, 4) is 11.5 Å². The molecule has 146 valence electrons. The van der Waals surface area contributed by atoms with Crippen LogP contribution in [0.3, 0.4) is 0 Å². The molecule has 0 bridgehead atoms. The van der Waals surface area contributed by atoms with Crippen molar-refractivity contribution in [1.82, 2.24) is 0 Å². The number of ether oxygens (including phenoxy) is 2. The molecule has 1 aromatic carbocycles. The van der Waals surface area contributed by atoms with Gasteiger partial charge in [-0.25, -0.2) is 0 Å². The molecule has 2 atom stereocenters. The van der Waals surface area contributed by atoms with Crippen LogP contribution in [0.5, 0.6) is 11.5 Å². The summed E-state index contributed by atoms with van der Waals surface area (Å²) in [6, 6.07) is 12.1. The fourth-order valence-electron chi connectivity index (χ4n) is 3.75. The quantitative estimate of drug-likeness (QED) is 0.651. The molecule has 1 aliphatic heterocycles. The van der Waals surface area contributed by atoms with Gasteiger partial charge in [0.25, 0.3) is 5.91 Å². The maximum absolute atomic E-state index is 12.9. The minimum Gasteiger partial charge on any atom is -0.497 e. The van der Waals surface area contributed by atoms with E-state index in [1.807, 2.05) is 23.5 Å². The van der Waals surface area contributed by atoms with Crippen LogP contribution in [0.1, 0.15) is 21.4 Å². The second kappa shape index (κ2) is 8.34. The Morgan fingerprint density at radius 1 is 1.18 bits per heavy atom. The van der Waals surface area contributed by atoms with Crippen LogP contribution >= 0.6 is 22.7 Å². The highest BCUT2D eigenvalue weighted by Crippen LogP contribution is 2.32.